The first-order valence-corrected chi connectivity index (χ1v) is 5.73. The van der Waals surface area contributed by atoms with Crippen molar-refractivity contribution >= 4 is 5.91 Å². The Balaban J connectivity index is 2.61. The fraction of sp³-hybridized carbons (Fsp3) is 0.750. The Morgan fingerprint density at radius 1 is 1.60 bits per heavy atom. The zero-order chi connectivity index (χ0) is 11.1. The molecule has 1 aliphatic heterocycles. The molecule has 0 aromatic rings. The average molecular weight is 208 g/mol. The summed E-state index contributed by atoms with van der Waals surface area (Å²) >= 11 is 0. The van der Waals surface area contributed by atoms with Gasteiger partial charge in [0, 0.05) is 19.1 Å². The van der Waals surface area contributed by atoms with Gasteiger partial charge in [0.15, 0.2) is 0 Å². The molecule has 3 heteroatoms. The number of hydrogen-bond donors (Lipinski definition) is 1. The minimum Gasteiger partial charge on any atom is -0.328 e. The summed E-state index contributed by atoms with van der Waals surface area (Å²) in [6.07, 6.45) is 3.25. The maximum Gasteiger partial charge on any atom is 0.298 e. The van der Waals surface area contributed by atoms with E-state index in [1.807, 2.05) is 4.90 Å². The Morgan fingerprint density at radius 3 is 2.93 bits per heavy atom. The van der Waals surface area contributed by atoms with Gasteiger partial charge in [-0.05, 0) is 38.7 Å². The Hall–Kier alpha value is -1.01. The van der Waals surface area contributed by atoms with Gasteiger partial charge in [-0.3, -0.25) is 4.79 Å². The third-order valence-electron chi connectivity index (χ3n) is 2.67. The van der Waals surface area contributed by atoms with Crippen LogP contribution in [0.1, 0.15) is 33.1 Å². The third-order valence-corrected chi connectivity index (χ3v) is 2.67. The van der Waals surface area contributed by atoms with Crippen molar-refractivity contribution in [1.29, 1.82) is 0 Å². The molecule has 3 nitrogen and oxygen atoms in total. The van der Waals surface area contributed by atoms with Crippen LogP contribution >= 0.6 is 0 Å². The molecule has 0 bridgehead atoms. The van der Waals surface area contributed by atoms with Crippen molar-refractivity contribution < 1.29 is 4.79 Å². The van der Waals surface area contributed by atoms with E-state index in [9.17, 15) is 4.79 Å². The van der Waals surface area contributed by atoms with Crippen molar-refractivity contribution in [3.63, 3.8) is 0 Å². The van der Waals surface area contributed by atoms with Gasteiger partial charge in [-0.15, -0.1) is 0 Å². The Labute approximate surface area is 92.2 Å². The molecule has 1 aliphatic rings. The van der Waals surface area contributed by atoms with Crippen molar-refractivity contribution in [3.05, 3.63) is 0 Å². The molecule has 1 atom stereocenters. The predicted molar refractivity (Wildman–Crippen MR) is 61.3 cm³/mol. The molecule has 84 valence electrons. The van der Waals surface area contributed by atoms with Crippen LogP contribution in [0.4, 0.5) is 0 Å². The number of carbonyl (C=O) groups is 1. The number of nitrogens with zero attached hydrogens (tertiary/aromatic N) is 1. The van der Waals surface area contributed by atoms with E-state index in [2.05, 4.69) is 24.1 Å². The van der Waals surface area contributed by atoms with Gasteiger partial charge in [-0.2, -0.15) is 0 Å². The molecule has 1 heterocycles. The SMILES string of the molecule is CC#CC(=O)N(CCC)C1CCCNC1. The van der Waals surface area contributed by atoms with Crippen LogP contribution in [0.3, 0.4) is 0 Å². The Morgan fingerprint density at radius 2 is 2.40 bits per heavy atom. The van der Waals surface area contributed by atoms with Crippen molar-refractivity contribution in [1.82, 2.24) is 10.2 Å². The van der Waals surface area contributed by atoms with E-state index in [0.29, 0.717) is 6.04 Å². The smallest absolute Gasteiger partial charge is 0.298 e. The summed E-state index contributed by atoms with van der Waals surface area (Å²) in [4.78, 5) is 13.7. The lowest BCUT2D eigenvalue weighted by molar-refractivity contribution is -0.127. The summed E-state index contributed by atoms with van der Waals surface area (Å²) in [5.41, 5.74) is 0. The number of amides is 1. The van der Waals surface area contributed by atoms with Crippen molar-refractivity contribution in [2.45, 2.75) is 39.2 Å². The molecular weight excluding hydrogens is 188 g/mol. The molecule has 0 aromatic carbocycles. The first-order chi connectivity index (χ1) is 7.29. The zero-order valence-corrected chi connectivity index (χ0v) is 9.68. The molecule has 0 aliphatic carbocycles. The van der Waals surface area contributed by atoms with Crippen LogP contribution in [-0.2, 0) is 4.79 Å². The summed E-state index contributed by atoms with van der Waals surface area (Å²) in [5, 5.41) is 3.33. The van der Waals surface area contributed by atoms with Crippen LogP contribution in [0.15, 0.2) is 0 Å². The highest BCUT2D eigenvalue weighted by Gasteiger charge is 2.23. The molecule has 1 N–H and O–H groups in total. The number of rotatable bonds is 3. The fourth-order valence-electron chi connectivity index (χ4n) is 1.97. The lowest BCUT2D eigenvalue weighted by atomic mass is 10.1. The molecule has 15 heavy (non-hydrogen) atoms. The molecule has 1 amide bonds. The summed E-state index contributed by atoms with van der Waals surface area (Å²) in [6.45, 7) is 6.61. The van der Waals surface area contributed by atoms with Gasteiger partial charge >= 0.3 is 0 Å². The number of piperidine rings is 1. The maximum absolute atomic E-state index is 11.8. The normalized spacial score (nSPS) is 20.3. The van der Waals surface area contributed by atoms with Gasteiger partial charge < -0.3 is 10.2 Å². The second-order valence-corrected chi connectivity index (χ2v) is 3.87. The summed E-state index contributed by atoms with van der Waals surface area (Å²) in [5.74, 6) is 5.30. The average Bonchev–Trinajstić information content (AvgIpc) is 2.27. The fourth-order valence-corrected chi connectivity index (χ4v) is 1.97. The van der Waals surface area contributed by atoms with E-state index >= 15 is 0 Å². The molecule has 0 aromatic heterocycles. The minimum atomic E-state index is -0.0203. The van der Waals surface area contributed by atoms with Crippen LogP contribution in [-0.4, -0.2) is 36.5 Å². The van der Waals surface area contributed by atoms with Gasteiger partial charge in [0.05, 0.1) is 0 Å². The molecule has 0 saturated carbocycles. The van der Waals surface area contributed by atoms with Crippen LogP contribution in [0.5, 0.6) is 0 Å². The quantitative estimate of drug-likeness (QED) is 0.702. The van der Waals surface area contributed by atoms with Gasteiger partial charge in [0.1, 0.15) is 0 Å². The lowest BCUT2D eigenvalue weighted by Crippen LogP contribution is -2.48. The van der Waals surface area contributed by atoms with Crippen molar-refractivity contribution in [2.24, 2.45) is 0 Å². The molecular formula is C12H20N2O. The largest absolute Gasteiger partial charge is 0.328 e. The van der Waals surface area contributed by atoms with E-state index in [4.69, 9.17) is 0 Å². The Bertz CT molecular complexity index is 259. The first kappa shape index (κ1) is 12.1. The van der Waals surface area contributed by atoms with Gasteiger partial charge in [0.2, 0.25) is 0 Å². The maximum atomic E-state index is 11.8. The highest BCUT2D eigenvalue weighted by atomic mass is 16.2. The van der Waals surface area contributed by atoms with E-state index in [1.165, 1.54) is 0 Å². The van der Waals surface area contributed by atoms with Gasteiger partial charge in [0.25, 0.3) is 5.91 Å². The van der Waals surface area contributed by atoms with Crippen LogP contribution in [0.25, 0.3) is 0 Å². The summed E-state index contributed by atoms with van der Waals surface area (Å²) in [6, 6.07) is 0.340. The van der Waals surface area contributed by atoms with Gasteiger partial charge in [-0.1, -0.05) is 12.8 Å². The van der Waals surface area contributed by atoms with Crippen molar-refractivity contribution in [2.75, 3.05) is 19.6 Å². The Kier molecular flexibility index (Phi) is 5.20. The van der Waals surface area contributed by atoms with E-state index in [1.54, 1.807) is 6.92 Å². The highest BCUT2D eigenvalue weighted by Crippen LogP contribution is 2.11. The standard InChI is InChI=1S/C12H20N2O/c1-3-6-12(15)14(9-4-2)11-7-5-8-13-10-11/h11,13H,4-5,7-10H2,1-2H3. The third kappa shape index (κ3) is 3.56. The van der Waals surface area contributed by atoms with Crippen LogP contribution < -0.4 is 5.32 Å². The minimum absolute atomic E-state index is 0.0203. The topological polar surface area (TPSA) is 32.3 Å². The summed E-state index contributed by atoms with van der Waals surface area (Å²) < 4.78 is 0. The zero-order valence-electron chi connectivity index (χ0n) is 9.68. The predicted octanol–water partition coefficient (Wildman–Crippen LogP) is 1.00. The van der Waals surface area contributed by atoms with Crippen LogP contribution in [0.2, 0.25) is 0 Å². The molecule has 0 spiro atoms. The van der Waals surface area contributed by atoms with Crippen LogP contribution in [0, 0.1) is 11.8 Å². The second-order valence-electron chi connectivity index (χ2n) is 3.87. The van der Waals surface area contributed by atoms with Crippen molar-refractivity contribution in [3.8, 4) is 11.8 Å². The monoisotopic (exact) mass is 208 g/mol. The number of nitrogens with one attached hydrogen (secondary N) is 1. The number of hydrogen-bond acceptors (Lipinski definition) is 2. The molecule has 1 saturated heterocycles. The second kappa shape index (κ2) is 6.47. The molecule has 1 rings (SSSR count). The summed E-state index contributed by atoms with van der Waals surface area (Å²) in [7, 11) is 0. The van der Waals surface area contributed by atoms with E-state index < -0.39 is 0 Å². The first-order valence-electron chi connectivity index (χ1n) is 5.73. The molecule has 1 fully saturated rings. The van der Waals surface area contributed by atoms with E-state index in [0.717, 1.165) is 38.9 Å². The highest BCUT2D eigenvalue weighted by molar-refractivity contribution is 5.93. The molecule has 0 radical (unpaired) electrons. The van der Waals surface area contributed by atoms with E-state index in [-0.39, 0.29) is 5.91 Å². The molecule has 1 unspecified atom stereocenters. The lowest BCUT2D eigenvalue weighted by Gasteiger charge is -2.33. The number of carbonyl (C=O) groups excluding carboxylic acids is 1. The van der Waals surface area contributed by atoms with Gasteiger partial charge in [-0.25, -0.2) is 0 Å².